The maximum absolute atomic E-state index is 13.5. The molecule has 1 aromatic heterocycles. The third-order valence-corrected chi connectivity index (χ3v) is 3.61. The number of ether oxygens (including phenoxy) is 1. The Balaban J connectivity index is 1.88. The first-order valence-corrected chi connectivity index (χ1v) is 7.19. The van der Waals surface area contributed by atoms with Crippen LogP contribution in [-0.2, 0) is 9.53 Å². The molecule has 2 rings (SSSR count). The van der Waals surface area contributed by atoms with Gasteiger partial charge in [0, 0.05) is 4.47 Å². The maximum Gasteiger partial charge on any atom is 0.348 e. The van der Waals surface area contributed by atoms with Crippen LogP contribution in [0.25, 0.3) is 0 Å². The first-order valence-electron chi connectivity index (χ1n) is 5.52. The molecule has 0 bridgehead atoms. The second-order valence-electron chi connectivity index (χ2n) is 3.73. The van der Waals surface area contributed by atoms with Gasteiger partial charge >= 0.3 is 5.97 Å². The summed E-state index contributed by atoms with van der Waals surface area (Å²) >= 11 is 4.33. The predicted molar refractivity (Wildman–Crippen MR) is 77.3 cm³/mol. The molecule has 0 spiro atoms. The Morgan fingerprint density at radius 3 is 2.80 bits per heavy atom. The number of amides is 1. The van der Waals surface area contributed by atoms with Crippen LogP contribution in [0.1, 0.15) is 9.67 Å². The van der Waals surface area contributed by atoms with E-state index in [4.69, 9.17) is 4.74 Å². The molecule has 0 aliphatic heterocycles. The van der Waals surface area contributed by atoms with E-state index in [1.807, 2.05) is 0 Å². The second-order valence-corrected chi connectivity index (χ2v) is 5.59. The molecule has 2 aromatic rings. The molecular formula is C13H9BrFNO3S. The minimum atomic E-state index is -0.601. The average molecular weight is 358 g/mol. The van der Waals surface area contributed by atoms with Crippen LogP contribution in [0.2, 0.25) is 0 Å². The Morgan fingerprint density at radius 1 is 1.35 bits per heavy atom. The number of rotatable bonds is 4. The van der Waals surface area contributed by atoms with Gasteiger partial charge in [-0.3, -0.25) is 4.79 Å². The molecule has 0 unspecified atom stereocenters. The van der Waals surface area contributed by atoms with Crippen LogP contribution in [0.15, 0.2) is 40.2 Å². The lowest BCUT2D eigenvalue weighted by Crippen LogP contribution is -2.21. The molecule has 1 N–H and O–H groups in total. The maximum atomic E-state index is 13.5. The van der Waals surface area contributed by atoms with Crippen molar-refractivity contribution in [1.82, 2.24) is 0 Å². The van der Waals surface area contributed by atoms with Gasteiger partial charge in [-0.25, -0.2) is 9.18 Å². The van der Waals surface area contributed by atoms with Crippen molar-refractivity contribution in [3.05, 3.63) is 50.9 Å². The lowest BCUT2D eigenvalue weighted by molar-refractivity contribution is -0.119. The van der Waals surface area contributed by atoms with E-state index >= 15 is 0 Å². The van der Waals surface area contributed by atoms with Crippen LogP contribution < -0.4 is 5.32 Å². The van der Waals surface area contributed by atoms with E-state index in [0.29, 0.717) is 9.35 Å². The summed E-state index contributed by atoms with van der Waals surface area (Å²) in [6.07, 6.45) is 0. The molecule has 104 valence electrons. The van der Waals surface area contributed by atoms with E-state index in [0.717, 1.165) is 0 Å². The fourth-order valence-corrected chi connectivity index (χ4v) is 2.32. The highest BCUT2D eigenvalue weighted by Crippen LogP contribution is 2.19. The summed E-state index contributed by atoms with van der Waals surface area (Å²) < 4.78 is 18.9. The number of thiophene rings is 1. The number of halogens is 2. The molecule has 0 saturated heterocycles. The zero-order valence-corrected chi connectivity index (χ0v) is 12.5. The van der Waals surface area contributed by atoms with Gasteiger partial charge in [-0.05, 0) is 29.6 Å². The van der Waals surface area contributed by atoms with Crippen LogP contribution in [0.4, 0.5) is 10.1 Å². The second kappa shape index (κ2) is 6.62. The largest absolute Gasteiger partial charge is 0.451 e. The molecule has 0 aliphatic rings. The van der Waals surface area contributed by atoms with Crippen LogP contribution in [0, 0.1) is 5.82 Å². The van der Waals surface area contributed by atoms with Gasteiger partial charge in [0.2, 0.25) is 0 Å². The Hall–Kier alpha value is -1.73. The molecule has 1 aromatic carbocycles. The Kier molecular flexibility index (Phi) is 4.86. The van der Waals surface area contributed by atoms with Crippen molar-refractivity contribution < 1.29 is 18.7 Å². The average Bonchev–Trinajstić information content (AvgIpc) is 2.93. The lowest BCUT2D eigenvalue weighted by atomic mass is 10.3. The lowest BCUT2D eigenvalue weighted by Gasteiger charge is -2.07. The first kappa shape index (κ1) is 14.7. The number of benzene rings is 1. The van der Waals surface area contributed by atoms with E-state index in [1.165, 1.54) is 23.5 Å². The predicted octanol–water partition coefficient (Wildman–Crippen LogP) is 3.45. The summed E-state index contributed by atoms with van der Waals surface area (Å²) in [6.45, 7) is -0.466. The monoisotopic (exact) mass is 357 g/mol. The number of nitrogens with one attached hydrogen (secondary N) is 1. The van der Waals surface area contributed by atoms with Crippen LogP contribution in [0.3, 0.4) is 0 Å². The topological polar surface area (TPSA) is 55.4 Å². The number of hydrogen-bond donors (Lipinski definition) is 1. The number of hydrogen-bond acceptors (Lipinski definition) is 4. The van der Waals surface area contributed by atoms with E-state index in [2.05, 4.69) is 21.2 Å². The van der Waals surface area contributed by atoms with Gasteiger partial charge in [0.25, 0.3) is 5.91 Å². The summed E-state index contributed by atoms with van der Waals surface area (Å²) in [6, 6.07) is 7.54. The Bertz CT molecular complexity index is 631. The van der Waals surface area contributed by atoms with Crippen molar-refractivity contribution in [2.24, 2.45) is 0 Å². The van der Waals surface area contributed by atoms with Crippen LogP contribution >= 0.6 is 27.3 Å². The highest BCUT2D eigenvalue weighted by atomic mass is 79.9. The molecule has 4 nitrogen and oxygen atoms in total. The smallest absolute Gasteiger partial charge is 0.348 e. The molecule has 0 saturated carbocycles. The minimum absolute atomic E-state index is 0.0328. The molecule has 0 radical (unpaired) electrons. The van der Waals surface area contributed by atoms with Crippen molar-refractivity contribution in [1.29, 1.82) is 0 Å². The van der Waals surface area contributed by atoms with Crippen molar-refractivity contribution >= 4 is 44.8 Å². The molecule has 1 amide bonds. The van der Waals surface area contributed by atoms with Crippen molar-refractivity contribution in [2.45, 2.75) is 0 Å². The molecule has 0 atom stereocenters. The number of carbonyl (C=O) groups excluding carboxylic acids is 2. The van der Waals surface area contributed by atoms with Crippen LogP contribution in [-0.4, -0.2) is 18.5 Å². The first-order chi connectivity index (χ1) is 9.56. The Labute approximate surface area is 126 Å². The Morgan fingerprint density at radius 2 is 2.15 bits per heavy atom. The standard InChI is InChI=1S/C13H9BrFNO3S/c14-8-3-4-10(9(15)6-8)16-12(17)7-19-13(18)11-2-1-5-20-11/h1-6H,7H2,(H,16,17). The van der Waals surface area contributed by atoms with Gasteiger partial charge in [0.1, 0.15) is 10.7 Å². The number of carbonyl (C=O) groups is 2. The molecule has 20 heavy (non-hydrogen) atoms. The molecule has 0 aliphatic carbocycles. The van der Waals surface area contributed by atoms with Gasteiger partial charge in [-0.2, -0.15) is 0 Å². The highest BCUT2D eigenvalue weighted by molar-refractivity contribution is 9.10. The van der Waals surface area contributed by atoms with Crippen LogP contribution in [0.5, 0.6) is 0 Å². The summed E-state index contributed by atoms with van der Waals surface area (Å²) in [5.41, 5.74) is 0.0328. The third-order valence-electron chi connectivity index (χ3n) is 2.26. The van der Waals surface area contributed by atoms with Gasteiger partial charge in [0.05, 0.1) is 5.69 Å². The highest BCUT2D eigenvalue weighted by Gasteiger charge is 2.12. The fraction of sp³-hybridized carbons (Fsp3) is 0.0769. The van der Waals surface area contributed by atoms with E-state index in [1.54, 1.807) is 23.6 Å². The fourth-order valence-electron chi connectivity index (χ4n) is 1.37. The minimum Gasteiger partial charge on any atom is -0.451 e. The quantitative estimate of drug-likeness (QED) is 0.852. The van der Waals surface area contributed by atoms with Gasteiger partial charge in [0.15, 0.2) is 6.61 Å². The summed E-state index contributed by atoms with van der Waals surface area (Å²) in [5.74, 6) is -1.75. The van der Waals surface area contributed by atoms with Crippen molar-refractivity contribution in [2.75, 3.05) is 11.9 Å². The van der Waals surface area contributed by atoms with E-state index in [9.17, 15) is 14.0 Å². The summed E-state index contributed by atoms with van der Waals surface area (Å²) in [4.78, 5) is 23.5. The number of anilines is 1. The van der Waals surface area contributed by atoms with Gasteiger partial charge < -0.3 is 10.1 Å². The normalized spacial score (nSPS) is 10.1. The number of esters is 1. The zero-order valence-electron chi connectivity index (χ0n) is 10.1. The van der Waals surface area contributed by atoms with Gasteiger partial charge in [-0.1, -0.05) is 22.0 Å². The zero-order chi connectivity index (χ0) is 14.5. The van der Waals surface area contributed by atoms with Crippen molar-refractivity contribution in [3.63, 3.8) is 0 Å². The summed E-state index contributed by atoms with van der Waals surface area (Å²) in [7, 11) is 0. The van der Waals surface area contributed by atoms with Gasteiger partial charge in [-0.15, -0.1) is 11.3 Å². The van der Waals surface area contributed by atoms with Crippen molar-refractivity contribution in [3.8, 4) is 0 Å². The molecule has 7 heteroatoms. The molecular weight excluding hydrogens is 349 g/mol. The molecule has 0 fully saturated rings. The van der Waals surface area contributed by atoms with E-state index in [-0.39, 0.29) is 5.69 Å². The third kappa shape index (κ3) is 3.88. The SMILES string of the molecule is O=C(COC(=O)c1cccs1)Nc1ccc(Br)cc1F. The van der Waals surface area contributed by atoms with E-state index < -0.39 is 24.3 Å². The molecule has 1 heterocycles. The summed E-state index contributed by atoms with van der Waals surface area (Å²) in [5, 5.41) is 4.06.